The lowest BCUT2D eigenvalue weighted by Gasteiger charge is -2.07. The van der Waals surface area contributed by atoms with Crippen molar-refractivity contribution in [1.82, 2.24) is 19.5 Å². The van der Waals surface area contributed by atoms with Crippen molar-refractivity contribution in [2.45, 2.75) is 17.5 Å². The van der Waals surface area contributed by atoms with Gasteiger partial charge in [-0.25, -0.2) is 9.97 Å². The van der Waals surface area contributed by atoms with Gasteiger partial charge in [0.1, 0.15) is 0 Å². The van der Waals surface area contributed by atoms with Gasteiger partial charge in [0.2, 0.25) is 0 Å². The summed E-state index contributed by atoms with van der Waals surface area (Å²) in [6.07, 6.45) is 3.41. The first-order valence-corrected chi connectivity index (χ1v) is 9.71. The number of benzene rings is 1. The zero-order valence-corrected chi connectivity index (χ0v) is 15.8. The summed E-state index contributed by atoms with van der Waals surface area (Å²) < 4.78 is 1.48. The van der Waals surface area contributed by atoms with Gasteiger partial charge in [-0.3, -0.25) is 9.55 Å². The molecule has 3 aromatic heterocycles. The fraction of sp³-hybridized carbons (Fsp3) is 0.0952. The molecule has 4 aromatic rings. The summed E-state index contributed by atoms with van der Waals surface area (Å²) in [6.45, 7) is 0.398. The van der Waals surface area contributed by atoms with Crippen molar-refractivity contribution >= 4 is 11.8 Å². The normalized spacial score (nSPS) is 10.9. The molecule has 0 bridgehead atoms. The highest BCUT2D eigenvalue weighted by Gasteiger charge is 2.15. The first kappa shape index (κ1) is 18.1. The van der Waals surface area contributed by atoms with Gasteiger partial charge in [-0.05, 0) is 23.8 Å². The van der Waals surface area contributed by atoms with E-state index in [0.29, 0.717) is 23.0 Å². The third-order valence-corrected chi connectivity index (χ3v) is 5.13. The molecule has 6 nitrogen and oxygen atoms in total. The van der Waals surface area contributed by atoms with Crippen LogP contribution in [0.15, 0.2) is 78.2 Å². The maximum Gasteiger partial charge on any atom is 0.198 e. The van der Waals surface area contributed by atoms with E-state index in [9.17, 15) is 10.2 Å². The zero-order valence-electron chi connectivity index (χ0n) is 14.9. The third kappa shape index (κ3) is 3.99. The summed E-state index contributed by atoms with van der Waals surface area (Å²) >= 11 is 1.39. The van der Waals surface area contributed by atoms with Crippen molar-refractivity contribution in [1.29, 1.82) is 0 Å². The Bertz CT molecular complexity index is 1070. The molecule has 7 heteroatoms. The number of aromatic nitrogens is 4. The molecule has 0 saturated heterocycles. The molecule has 0 unspecified atom stereocenters. The Kier molecular flexibility index (Phi) is 5.25. The molecule has 0 aliphatic carbocycles. The van der Waals surface area contributed by atoms with E-state index < -0.39 is 0 Å². The molecule has 0 amide bonds. The lowest BCUT2D eigenvalue weighted by molar-refractivity contribution is 0.376. The second-order valence-electron chi connectivity index (χ2n) is 6.15. The summed E-state index contributed by atoms with van der Waals surface area (Å²) in [4.78, 5) is 13.1. The van der Waals surface area contributed by atoms with Crippen LogP contribution in [-0.2, 0) is 12.3 Å². The minimum atomic E-state index is 0.0279. The average Bonchev–Trinajstić information content (AvgIpc) is 3.01. The van der Waals surface area contributed by atoms with E-state index in [4.69, 9.17) is 0 Å². The minimum absolute atomic E-state index is 0.0279. The molecule has 0 aliphatic rings. The molecular formula is C21H18N4O2S. The van der Waals surface area contributed by atoms with Gasteiger partial charge < -0.3 is 10.2 Å². The molecule has 28 heavy (non-hydrogen) atoms. The number of hydrogen-bond donors (Lipinski definition) is 2. The van der Waals surface area contributed by atoms with Gasteiger partial charge in [0.05, 0.1) is 17.9 Å². The van der Waals surface area contributed by atoms with Crippen LogP contribution in [0.3, 0.4) is 0 Å². The number of pyridine rings is 1. The molecule has 1 aromatic carbocycles. The quantitative estimate of drug-likeness (QED) is 0.381. The predicted molar refractivity (Wildman–Crippen MR) is 108 cm³/mol. The Morgan fingerprint density at radius 1 is 0.857 bits per heavy atom. The van der Waals surface area contributed by atoms with E-state index in [0.717, 1.165) is 17.0 Å². The minimum Gasteiger partial charge on any atom is -0.494 e. The van der Waals surface area contributed by atoms with Crippen molar-refractivity contribution in [2.24, 2.45) is 0 Å². The van der Waals surface area contributed by atoms with E-state index in [1.54, 1.807) is 18.5 Å². The maximum atomic E-state index is 10.5. The molecule has 4 rings (SSSR count). The van der Waals surface area contributed by atoms with Crippen molar-refractivity contribution in [3.05, 3.63) is 84.2 Å². The first-order valence-electron chi connectivity index (χ1n) is 8.72. The number of thioether (sulfide) groups is 1. The van der Waals surface area contributed by atoms with Crippen LogP contribution in [0.1, 0.15) is 11.1 Å². The Hall–Kier alpha value is -3.32. The highest BCUT2D eigenvalue weighted by Crippen LogP contribution is 2.33. The highest BCUT2D eigenvalue weighted by molar-refractivity contribution is 7.98. The summed E-state index contributed by atoms with van der Waals surface area (Å²) in [5.41, 5.74) is 3.15. The van der Waals surface area contributed by atoms with E-state index in [1.807, 2.05) is 54.6 Å². The van der Waals surface area contributed by atoms with Crippen LogP contribution in [0.5, 0.6) is 11.8 Å². The van der Waals surface area contributed by atoms with Crippen molar-refractivity contribution < 1.29 is 10.2 Å². The van der Waals surface area contributed by atoms with Crippen molar-refractivity contribution in [3.63, 3.8) is 0 Å². The summed E-state index contributed by atoms with van der Waals surface area (Å²) in [5.74, 6) is 0.516. The lowest BCUT2D eigenvalue weighted by atomic mass is 10.2. The molecule has 0 radical (unpaired) electrons. The van der Waals surface area contributed by atoms with Gasteiger partial charge in [0.15, 0.2) is 16.9 Å². The average molecular weight is 390 g/mol. The summed E-state index contributed by atoms with van der Waals surface area (Å²) in [5, 5.41) is 21.3. The number of nitrogens with zero attached hydrogens (tertiary/aromatic N) is 4. The van der Waals surface area contributed by atoms with Gasteiger partial charge in [-0.15, -0.1) is 0 Å². The monoisotopic (exact) mass is 390 g/mol. The Morgan fingerprint density at radius 2 is 1.68 bits per heavy atom. The number of hydrogen-bond acceptors (Lipinski definition) is 6. The van der Waals surface area contributed by atoms with Gasteiger partial charge in [-0.1, -0.05) is 48.2 Å². The molecule has 0 fully saturated rings. The van der Waals surface area contributed by atoms with E-state index in [1.165, 1.54) is 16.3 Å². The molecule has 0 saturated carbocycles. The van der Waals surface area contributed by atoms with Crippen LogP contribution >= 0.6 is 11.8 Å². The second-order valence-corrected chi connectivity index (χ2v) is 7.09. The summed E-state index contributed by atoms with van der Waals surface area (Å²) in [7, 11) is 0. The van der Waals surface area contributed by atoms with Gasteiger partial charge in [-0.2, -0.15) is 0 Å². The Morgan fingerprint density at radius 3 is 2.46 bits per heavy atom. The molecular weight excluding hydrogens is 372 g/mol. The summed E-state index contributed by atoms with van der Waals surface area (Å²) in [6, 6.07) is 18.7. The number of aromatic hydroxyl groups is 2. The maximum absolute atomic E-state index is 10.5. The lowest BCUT2D eigenvalue weighted by Crippen LogP contribution is -1.98. The molecule has 2 N–H and O–H groups in total. The van der Waals surface area contributed by atoms with Crippen LogP contribution in [0.25, 0.3) is 11.4 Å². The Labute approximate surface area is 166 Å². The topological polar surface area (TPSA) is 84.1 Å². The van der Waals surface area contributed by atoms with Crippen LogP contribution in [-0.4, -0.2) is 29.7 Å². The SMILES string of the molecule is Oc1cc(CSc2nccc(-c3ccccn3)n2)c(O)n1Cc1ccccc1. The number of rotatable bonds is 6. The second kappa shape index (κ2) is 8.14. The molecule has 3 heterocycles. The van der Waals surface area contributed by atoms with Crippen LogP contribution in [0.2, 0.25) is 0 Å². The molecule has 0 atom stereocenters. The fourth-order valence-electron chi connectivity index (χ4n) is 2.82. The fourth-order valence-corrected chi connectivity index (χ4v) is 3.61. The van der Waals surface area contributed by atoms with Crippen LogP contribution in [0.4, 0.5) is 0 Å². The third-order valence-electron chi connectivity index (χ3n) is 4.22. The largest absolute Gasteiger partial charge is 0.494 e. The molecule has 140 valence electrons. The molecule has 0 aliphatic heterocycles. The molecule has 0 spiro atoms. The smallest absolute Gasteiger partial charge is 0.198 e. The van der Waals surface area contributed by atoms with Gasteiger partial charge in [0.25, 0.3) is 0 Å². The predicted octanol–water partition coefficient (Wildman–Crippen LogP) is 4.09. The zero-order chi connectivity index (χ0) is 19.3. The van der Waals surface area contributed by atoms with Crippen molar-refractivity contribution in [3.8, 4) is 23.1 Å². The Balaban J connectivity index is 1.49. The van der Waals surface area contributed by atoms with Crippen molar-refractivity contribution in [2.75, 3.05) is 0 Å². The standard InChI is InChI=1S/C21H18N4O2S/c26-19-12-16(20(27)25(19)13-15-6-2-1-3-7-15)14-28-21-23-11-9-18(24-21)17-8-4-5-10-22-17/h1-12,26-27H,13-14H2. The highest BCUT2D eigenvalue weighted by atomic mass is 32.2. The van der Waals surface area contributed by atoms with Crippen LogP contribution in [0, 0.1) is 0 Å². The van der Waals surface area contributed by atoms with Gasteiger partial charge >= 0.3 is 0 Å². The first-order chi connectivity index (χ1) is 13.7. The van der Waals surface area contributed by atoms with E-state index in [-0.39, 0.29) is 11.8 Å². The van der Waals surface area contributed by atoms with E-state index >= 15 is 0 Å². The van der Waals surface area contributed by atoms with E-state index in [2.05, 4.69) is 15.0 Å². The van der Waals surface area contributed by atoms with Crippen LogP contribution < -0.4 is 0 Å². The van der Waals surface area contributed by atoms with Gasteiger partial charge in [0, 0.05) is 29.8 Å².